The molecule has 1 fully saturated rings. The van der Waals surface area contributed by atoms with Gasteiger partial charge in [-0.1, -0.05) is 47.5 Å². The molecule has 9 heteroatoms. The number of halogens is 5. The maximum absolute atomic E-state index is 13.4. The fourth-order valence-corrected chi connectivity index (χ4v) is 5.57. The summed E-state index contributed by atoms with van der Waals surface area (Å²) in [6, 6.07) is 14.1. The number of pyridine rings is 1. The van der Waals surface area contributed by atoms with E-state index in [1.807, 2.05) is 29.2 Å². The molecule has 3 aromatic rings. The average Bonchev–Trinajstić information content (AvgIpc) is 3.17. The van der Waals surface area contributed by atoms with Crippen molar-refractivity contribution >= 4 is 40.9 Å². The van der Waals surface area contributed by atoms with E-state index in [0.717, 1.165) is 54.9 Å². The van der Waals surface area contributed by atoms with Crippen LogP contribution in [-0.2, 0) is 11.6 Å². The van der Waals surface area contributed by atoms with Crippen molar-refractivity contribution in [1.82, 2.24) is 9.88 Å². The van der Waals surface area contributed by atoms with Gasteiger partial charge in [-0.3, -0.25) is 9.69 Å². The van der Waals surface area contributed by atoms with Crippen molar-refractivity contribution in [3.8, 4) is 0 Å². The van der Waals surface area contributed by atoms with E-state index >= 15 is 0 Å². The van der Waals surface area contributed by atoms with Crippen LogP contribution in [0.5, 0.6) is 0 Å². The maximum Gasteiger partial charge on any atom is 0.416 e. The smallest absolute Gasteiger partial charge is 0.307 e. The van der Waals surface area contributed by atoms with E-state index in [9.17, 15) is 18.0 Å². The summed E-state index contributed by atoms with van der Waals surface area (Å²) < 4.78 is 38.3. The number of aromatic nitrogens is 1. The van der Waals surface area contributed by atoms with E-state index < -0.39 is 11.7 Å². The van der Waals surface area contributed by atoms with Crippen LogP contribution in [0.2, 0.25) is 10.2 Å². The third kappa shape index (κ3) is 5.40. The Morgan fingerprint density at radius 3 is 2.43 bits per heavy atom. The third-order valence-corrected chi connectivity index (χ3v) is 7.67. The Labute approximate surface area is 223 Å². The number of hydrogen-bond acceptors (Lipinski definition) is 3. The van der Waals surface area contributed by atoms with Gasteiger partial charge in [-0.25, -0.2) is 4.98 Å². The molecule has 0 N–H and O–H groups in total. The van der Waals surface area contributed by atoms with Gasteiger partial charge in [0.1, 0.15) is 5.15 Å². The Balaban J connectivity index is 1.27. The van der Waals surface area contributed by atoms with Crippen molar-refractivity contribution in [3.63, 3.8) is 0 Å². The number of likely N-dealkylation sites (tertiary alicyclic amines) is 1. The van der Waals surface area contributed by atoms with Gasteiger partial charge in [0.05, 0.1) is 5.56 Å². The lowest BCUT2D eigenvalue weighted by Crippen LogP contribution is -2.46. The fourth-order valence-electron chi connectivity index (χ4n) is 5.23. The minimum Gasteiger partial charge on any atom is -0.307 e. The zero-order valence-electron chi connectivity index (χ0n) is 19.8. The highest BCUT2D eigenvalue weighted by molar-refractivity contribution is 6.31. The molecule has 3 heterocycles. The summed E-state index contributed by atoms with van der Waals surface area (Å²) in [7, 11) is 0. The van der Waals surface area contributed by atoms with Gasteiger partial charge in [0.2, 0.25) is 0 Å². The van der Waals surface area contributed by atoms with Crippen molar-refractivity contribution in [2.75, 3.05) is 31.1 Å². The number of carbonyl (C=O) groups is 1. The Morgan fingerprint density at radius 1 is 1.03 bits per heavy atom. The second-order valence-electron chi connectivity index (χ2n) is 9.52. The van der Waals surface area contributed by atoms with E-state index in [0.29, 0.717) is 23.7 Å². The minimum atomic E-state index is -4.33. The molecule has 0 saturated carbocycles. The van der Waals surface area contributed by atoms with Crippen LogP contribution in [0.15, 0.2) is 66.9 Å². The third-order valence-electron chi connectivity index (χ3n) is 7.23. The quantitative estimate of drug-likeness (QED) is 0.327. The van der Waals surface area contributed by atoms with Crippen LogP contribution in [0.1, 0.15) is 39.9 Å². The lowest BCUT2D eigenvalue weighted by atomic mass is 9.74. The number of hydrogen-bond donors (Lipinski definition) is 0. The van der Waals surface area contributed by atoms with Gasteiger partial charge < -0.3 is 4.90 Å². The molecular weight excluding hydrogens is 522 g/mol. The lowest BCUT2D eigenvalue weighted by Gasteiger charge is -2.39. The predicted molar refractivity (Wildman–Crippen MR) is 140 cm³/mol. The van der Waals surface area contributed by atoms with Crippen LogP contribution in [-0.4, -0.2) is 42.0 Å². The average molecular weight is 546 g/mol. The molecule has 2 aliphatic heterocycles. The summed E-state index contributed by atoms with van der Waals surface area (Å²) in [4.78, 5) is 21.5. The number of carbonyl (C=O) groups excluding carboxylic acids is 1. The Kier molecular flexibility index (Phi) is 7.05. The van der Waals surface area contributed by atoms with Gasteiger partial charge in [0, 0.05) is 41.0 Å². The van der Waals surface area contributed by atoms with Gasteiger partial charge in [-0.15, -0.1) is 0 Å². The second-order valence-corrected chi connectivity index (χ2v) is 10.3. The molecule has 2 aliphatic rings. The summed E-state index contributed by atoms with van der Waals surface area (Å²) in [6.45, 7) is 2.91. The highest BCUT2D eigenvalue weighted by Crippen LogP contribution is 2.48. The molecule has 1 amide bonds. The standard InChI is InChI=1S/C28H24Cl2F3N3O/c29-22-7-8-24-23(17-22)27(18-36(24)26(37)20-9-12-34-25(30)16-20)10-14-35(15-11-27)13-1-2-19-3-5-21(6-4-19)28(31,32)33/h1-9,12,16-17H,10-11,13-15,18H2. The molecule has 1 saturated heterocycles. The molecule has 37 heavy (non-hydrogen) atoms. The van der Waals surface area contributed by atoms with Crippen LogP contribution in [0.4, 0.5) is 18.9 Å². The summed E-state index contributed by atoms with van der Waals surface area (Å²) in [6.07, 6.45) is 2.73. The molecule has 2 aromatic carbocycles. The molecule has 0 unspecified atom stereocenters. The van der Waals surface area contributed by atoms with Gasteiger partial charge in [0.15, 0.2) is 0 Å². The van der Waals surface area contributed by atoms with E-state index in [1.165, 1.54) is 18.3 Å². The number of benzene rings is 2. The Bertz CT molecular complexity index is 1330. The van der Waals surface area contributed by atoms with Gasteiger partial charge in [-0.2, -0.15) is 13.2 Å². The number of fused-ring (bicyclic) bond motifs is 2. The molecule has 4 nitrogen and oxygen atoms in total. The van der Waals surface area contributed by atoms with Crippen LogP contribution >= 0.6 is 23.2 Å². The lowest BCUT2D eigenvalue weighted by molar-refractivity contribution is -0.137. The zero-order chi connectivity index (χ0) is 26.2. The zero-order valence-corrected chi connectivity index (χ0v) is 21.3. The van der Waals surface area contributed by atoms with Crippen molar-refractivity contribution in [3.05, 3.63) is 99.3 Å². The molecule has 0 aliphatic carbocycles. The highest BCUT2D eigenvalue weighted by atomic mass is 35.5. The molecule has 192 valence electrons. The van der Waals surface area contributed by atoms with Gasteiger partial charge >= 0.3 is 6.18 Å². The molecule has 0 radical (unpaired) electrons. The number of piperidine rings is 1. The summed E-state index contributed by atoms with van der Waals surface area (Å²) in [5, 5.41) is 0.912. The minimum absolute atomic E-state index is 0.119. The normalized spacial score (nSPS) is 17.5. The van der Waals surface area contributed by atoms with Crippen molar-refractivity contribution in [1.29, 1.82) is 0 Å². The van der Waals surface area contributed by atoms with Crippen molar-refractivity contribution in [2.24, 2.45) is 0 Å². The number of nitrogens with zero attached hydrogens (tertiary/aromatic N) is 3. The van der Waals surface area contributed by atoms with Crippen molar-refractivity contribution in [2.45, 2.75) is 24.4 Å². The Hall–Kier alpha value is -2.87. The largest absolute Gasteiger partial charge is 0.416 e. The first-order chi connectivity index (χ1) is 17.6. The van der Waals surface area contributed by atoms with Crippen molar-refractivity contribution < 1.29 is 18.0 Å². The first-order valence-corrected chi connectivity index (χ1v) is 12.7. The molecule has 0 bridgehead atoms. The monoisotopic (exact) mass is 545 g/mol. The SMILES string of the molecule is O=C(c1ccnc(Cl)c1)N1CC2(CCN(CC=Cc3ccc(C(F)(F)F)cc3)CC2)c2cc(Cl)ccc21. The van der Waals surface area contributed by atoms with Crippen LogP contribution in [0.25, 0.3) is 6.08 Å². The molecular formula is C28H24Cl2F3N3O. The van der Waals surface area contributed by atoms with E-state index in [-0.39, 0.29) is 16.5 Å². The van der Waals surface area contributed by atoms with Gasteiger partial charge in [-0.05, 0) is 79.5 Å². The molecule has 0 atom stereocenters. The summed E-state index contributed by atoms with van der Waals surface area (Å²) in [5.41, 5.74) is 2.34. The number of rotatable bonds is 4. The first-order valence-electron chi connectivity index (χ1n) is 11.9. The number of amides is 1. The Morgan fingerprint density at radius 2 is 1.76 bits per heavy atom. The highest BCUT2D eigenvalue weighted by Gasteiger charge is 2.46. The maximum atomic E-state index is 13.4. The first kappa shape index (κ1) is 25.8. The van der Waals surface area contributed by atoms with E-state index in [1.54, 1.807) is 18.2 Å². The van der Waals surface area contributed by atoms with Crippen LogP contribution < -0.4 is 4.90 Å². The molecule has 5 rings (SSSR count). The van der Waals surface area contributed by atoms with E-state index in [4.69, 9.17) is 23.2 Å². The second kappa shape index (κ2) is 10.1. The molecule has 1 aromatic heterocycles. The number of anilines is 1. The summed E-state index contributed by atoms with van der Waals surface area (Å²) in [5.74, 6) is -0.119. The summed E-state index contributed by atoms with van der Waals surface area (Å²) >= 11 is 12.4. The van der Waals surface area contributed by atoms with Crippen LogP contribution in [0, 0.1) is 0 Å². The topological polar surface area (TPSA) is 36.4 Å². The van der Waals surface area contributed by atoms with E-state index in [2.05, 4.69) is 9.88 Å². The number of alkyl halides is 3. The molecule has 1 spiro atoms. The fraction of sp³-hybridized carbons (Fsp3) is 0.286. The van der Waals surface area contributed by atoms with Crippen LogP contribution in [0.3, 0.4) is 0 Å². The predicted octanol–water partition coefficient (Wildman–Crippen LogP) is 7.11. The van der Waals surface area contributed by atoms with Gasteiger partial charge in [0.25, 0.3) is 5.91 Å².